The van der Waals surface area contributed by atoms with Crippen LogP contribution in [-0.2, 0) is 9.59 Å². The van der Waals surface area contributed by atoms with Gasteiger partial charge in [-0.2, -0.15) is 0 Å². The van der Waals surface area contributed by atoms with Crippen molar-refractivity contribution in [3.05, 3.63) is 34.9 Å². The van der Waals surface area contributed by atoms with Crippen molar-refractivity contribution in [3.8, 4) is 0 Å². The van der Waals surface area contributed by atoms with Crippen molar-refractivity contribution in [1.82, 2.24) is 15.5 Å². The van der Waals surface area contributed by atoms with Crippen LogP contribution < -0.4 is 10.6 Å². The molecule has 0 radical (unpaired) electrons. The molecule has 0 bridgehead atoms. The number of amides is 3. The number of halogens is 1. The van der Waals surface area contributed by atoms with E-state index >= 15 is 0 Å². The van der Waals surface area contributed by atoms with Gasteiger partial charge in [0.25, 0.3) is 5.91 Å². The Morgan fingerprint density at radius 2 is 2.00 bits per heavy atom. The minimum absolute atomic E-state index is 0.185. The van der Waals surface area contributed by atoms with Crippen LogP contribution in [0.3, 0.4) is 0 Å². The molecule has 0 aliphatic carbocycles. The molecule has 1 atom stereocenters. The Bertz CT molecular complexity index is 604. The average Bonchev–Trinajstić information content (AvgIpc) is 2.97. The second kappa shape index (κ2) is 8.68. The van der Waals surface area contributed by atoms with Gasteiger partial charge < -0.3 is 15.5 Å². The van der Waals surface area contributed by atoms with E-state index in [9.17, 15) is 14.4 Å². The third-order valence-corrected chi connectivity index (χ3v) is 4.17. The summed E-state index contributed by atoms with van der Waals surface area (Å²) in [7, 11) is 0. The van der Waals surface area contributed by atoms with E-state index in [2.05, 4.69) is 10.6 Å². The van der Waals surface area contributed by atoms with Crippen molar-refractivity contribution in [2.45, 2.75) is 32.2 Å². The van der Waals surface area contributed by atoms with E-state index < -0.39 is 6.04 Å². The lowest BCUT2D eigenvalue weighted by atomic mass is 10.2. The van der Waals surface area contributed by atoms with E-state index in [1.165, 1.54) is 0 Å². The molecule has 6 nitrogen and oxygen atoms in total. The van der Waals surface area contributed by atoms with Crippen LogP contribution in [-0.4, -0.2) is 48.3 Å². The first-order valence-corrected chi connectivity index (χ1v) is 8.47. The molecule has 130 valence electrons. The fourth-order valence-electron chi connectivity index (χ4n) is 2.52. The summed E-state index contributed by atoms with van der Waals surface area (Å²) in [5, 5.41) is 5.97. The summed E-state index contributed by atoms with van der Waals surface area (Å²) in [4.78, 5) is 37.3. The van der Waals surface area contributed by atoms with Gasteiger partial charge in [-0.1, -0.05) is 11.6 Å². The molecule has 3 amide bonds. The van der Waals surface area contributed by atoms with Gasteiger partial charge in [0.2, 0.25) is 11.8 Å². The molecule has 24 heavy (non-hydrogen) atoms. The van der Waals surface area contributed by atoms with Crippen molar-refractivity contribution in [2.75, 3.05) is 19.6 Å². The molecular formula is C17H22ClN3O3. The molecule has 1 saturated heterocycles. The first kappa shape index (κ1) is 18.3. The van der Waals surface area contributed by atoms with Crippen LogP contribution in [0.4, 0.5) is 0 Å². The minimum Gasteiger partial charge on any atom is -0.354 e. The van der Waals surface area contributed by atoms with Crippen molar-refractivity contribution in [2.24, 2.45) is 0 Å². The van der Waals surface area contributed by atoms with Crippen LogP contribution in [0.1, 0.15) is 36.5 Å². The Labute approximate surface area is 146 Å². The molecule has 2 N–H and O–H groups in total. The second-order valence-electron chi connectivity index (χ2n) is 5.83. The third-order valence-electron chi connectivity index (χ3n) is 3.92. The lowest BCUT2D eigenvalue weighted by molar-refractivity contribution is -0.127. The maximum atomic E-state index is 12.0. The van der Waals surface area contributed by atoms with Gasteiger partial charge in [-0.25, -0.2) is 0 Å². The van der Waals surface area contributed by atoms with E-state index in [0.29, 0.717) is 36.5 Å². The lowest BCUT2D eigenvalue weighted by Crippen LogP contribution is -2.45. The third kappa shape index (κ3) is 5.23. The lowest BCUT2D eigenvalue weighted by Gasteiger charge is -2.17. The molecule has 0 aromatic heterocycles. The zero-order chi connectivity index (χ0) is 17.5. The molecular weight excluding hydrogens is 330 g/mol. The molecule has 1 aliphatic heterocycles. The molecule has 1 unspecified atom stereocenters. The first-order chi connectivity index (χ1) is 11.5. The van der Waals surface area contributed by atoms with Crippen LogP contribution in [0, 0.1) is 0 Å². The van der Waals surface area contributed by atoms with E-state index in [0.717, 1.165) is 13.0 Å². The number of nitrogens with zero attached hydrogens (tertiary/aromatic N) is 1. The number of carbonyl (C=O) groups excluding carboxylic acids is 3. The average molecular weight is 352 g/mol. The predicted octanol–water partition coefficient (Wildman–Crippen LogP) is 1.59. The zero-order valence-electron chi connectivity index (χ0n) is 13.7. The second-order valence-corrected chi connectivity index (χ2v) is 6.27. The maximum Gasteiger partial charge on any atom is 0.251 e. The van der Waals surface area contributed by atoms with Crippen LogP contribution in [0.5, 0.6) is 0 Å². The number of hydrogen-bond donors (Lipinski definition) is 2. The van der Waals surface area contributed by atoms with Crippen molar-refractivity contribution in [1.29, 1.82) is 0 Å². The van der Waals surface area contributed by atoms with Gasteiger partial charge in [-0.3, -0.25) is 14.4 Å². The summed E-state index contributed by atoms with van der Waals surface area (Å²) in [6.07, 6.45) is 2.24. The summed E-state index contributed by atoms with van der Waals surface area (Å²) in [5.74, 6) is -0.382. The standard InChI is InChI=1S/C17H22ClN3O3/c1-12(20-17(24)13-5-7-14(18)8-6-13)16(23)19-9-3-11-21-10-2-4-15(21)22/h5-8,12H,2-4,9-11H2,1H3,(H,19,23)(H,20,24). The molecule has 1 aromatic carbocycles. The quantitative estimate of drug-likeness (QED) is 0.732. The van der Waals surface area contributed by atoms with Gasteiger partial charge in [0, 0.05) is 36.6 Å². The molecule has 1 fully saturated rings. The number of rotatable bonds is 7. The van der Waals surface area contributed by atoms with E-state index in [1.54, 1.807) is 31.2 Å². The number of benzene rings is 1. The highest BCUT2D eigenvalue weighted by molar-refractivity contribution is 6.30. The van der Waals surface area contributed by atoms with Crippen LogP contribution in [0.15, 0.2) is 24.3 Å². The Morgan fingerprint density at radius 1 is 1.29 bits per heavy atom. The number of carbonyl (C=O) groups is 3. The van der Waals surface area contributed by atoms with Gasteiger partial charge in [-0.05, 0) is 44.0 Å². The van der Waals surface area contributed by atoms with Gasteiger partial charge in [0.1, 0.15) is 6.04 Å². The molecule has 0 spiro atoms. The number of nitrogens with one attached hydrogen (secondary N) is 2. The Hall–Kier alpha value is -2.08. The minimum atomic E-state index is -0.637. The van der Waals surface area contributed by atoms with Gasteiger partial charge >= 0.3 is 0 Å². The SMILES string of the molecule is CC(NC(=O)c1ccc(Cl)cc1)C(=O)NCCCN1CCCC1=O. The fraction of sp³-hybridized carbons (Fsp3) is 0.471. The van der Waals surface area contributed by atoms with E-state index in [1.807, 2.05) is 4.90 Å². The summed E-state index contributed by atoms with van der Waals surface area (Å²) >= 11 is 5.78. The van der Waals surface area contributed by atoms with Gasteiger partial charge in [-0.15, -0.1) is 0 Å². The van der Waals surface area contributed by atoms with E-state index in [4.69, 9.17) is 11.6 Å². The van der Waals surface area contributed by atoms with Crippen molar-refractivity contribution < 1.29 is 14.4 Å². The van der Waals surface area contributed by atoms with Gasteiger partial charge in [0.05, 0.1) is 0 Å². The van der Waals surface area contributed by atoms with Crippen molar-refractivity contribution >= 4 is 29.3 Å². The summed E-state index contributed by atoms with van der Waals surface area (Å²) in [6, 6.07) is 5.83. The van der Waals surface area contributed by atoms with Crippen LogP contribution in [0.25, 0.3) is 0 Å². The smallest absolute Gasteiger partial charge is 0.251 e. The maximum absolute atomic E-state index is 12.0. The highest BCUT2D eigenvalue weighted by atomic mass is 35.5. The van der Waals surface area contributed by atoms with Crippen LogP contribution in [0.2, 0.25) is 5.02 Å². The Kier molecular flexibility index (Phi) is 6.61. The zero-order valence-corrected chi connectivity index (χ0v) is 14.4. The summed E-state index contributed by atoms with van der Waals surface area (Å²) in [5.41, 5.74) is 0.451. The molecule has 1 aromatic rings. The molecule has 7 heteroatoms. The largest absolute Gasteiger partial charge is 0.354 e. The van der Waals surface area contributed by atoms with Crippen LogP contribution >= 0.6 is 11.6 Å². The Morgan fingerprint density at radius 3 is 2.62 bits per heavy atom. The van der Waals surface area contributed by atoms with E-state index in [-0.39, 0.29) is 17.7 Å². The fourth-order valence-corrected chi connectivity index (χ4v) is 2.65. The first-order valence-electron chi connectivity index (χ1n) is 8.09. The van der Waals surface area contributed by atoms with Crippen molar-refractivity contribution in [3.63, 3.8) is 0 Å². The number of hydrogen-bond acceptors (Lipinski definition) is 3. The topological polar surface area (TPSA) is 78.5 Å². The highest BCUT2D eigenvalue weighted by Gasteiger charge is 2.20. The monoisotopic (exact) mass is 351 g/mol. The van der Waals surface area contributed by atoms with Gasteiger partial charge in [0.15, 0.2) is 0 Å². The summed E-state index contributed by atoms with van der Waals surface area (Å²) in [6.45, 7) is 3.57. The molecule has 1 aliphatic rings. The molecule has 1 heterocycles. The predicted molar refractivity (Wildman–Crippen MR) is 91.8 cm³/mol. The molecule has 0 saturated carbocycles. The molecule has 2 rings (SSSR count). The number of likely N-dealkylation sites (tertiary alicyclic amines) is 1. The normalized spacial score (nSPS) is 15.2. The summed E-state index contributed by atoms with van der Waals surface area (Å²) < 4.78 is 0. The highest BCUT2D eigenvalue weighted by Crippen LogP contribution is 2.10. The Balaban J connectivity index is 1.68.